The van der Waals surface area contributed by atoms with Crippen LogP contribution in [-0.2, 0) is 13.0 Å². The molecule has 1 aromatic rings. The molecule has 0 spiro atoms. The van der Waals surface area contributed by atoms with Crippen LogP contribution < -0.4 is 5.32 Å². The first kappa shape index (κ1) is 11.6. The number of rotatable bonds is 3. The van der Waals surface area contributed by atoms with E-state index in [1.165, 1.54) is 0 Å². The van der Waals surface area contributed by atoms with Gasteiger partial charge < -0.3 is 5.32 Å². The van der Waals surface area contributed by atoms with Crippen molar-refractivity contribution in [3.63, 3.8) is 0 Å². The molecule has 0 aromatic carbocycles. The van der Waals surface area contributed by atoms with Crippen molar-refractivity contribution in [2.75, 3.05) is 13.1 Å². The summed E-state index contributed by atoms with van der Waals surface area (Å²) in [5, 5.41) is 7.49. The minimum atomic E-state index is -1.09. The average Bonchev–Trinajstić information content (AvgIpc) is 2.59. The summed E-state index contributed by atoms with van der Waals surface area (Å²) in [5.74, 6) is 0. The third-order valence-electron chi connectivity index (χ3n) is 3.20. The second-order valence-electron chi connectivity index (χ2n) is 4.70. The topological polar surface area (TPSA) is 29.9 Å². The van der Waals surface area contributed by atoms with E-state index in [0.29, 0.717) is 19.4 Å². The minimum absolute atomic E-state index is 0.473. The highest BCUT2D eigenvalue weighted by molar-refractivity contribution is 5.12. The van der Waals surface area contributed by atoms with E-state index >= 15 is 0 Å². The molecule has 4 heteroatoms. The SMILES string of the molecule is CCn1nc(C)cc1CC1(F)CCCNC1. The molecule has 1 fully saturated rings. The first-order chi connectivity index (χ1) is 7.63. The number of aromatic nitrogens is 2. The monoisotopic (exact) mass is 225 g/mol. The van der Waals surface area contributed by atoms with Gasteiger partial charge in [-0.2, -0.15) is 5.10 Å². The normalized spacial score (nSPS) is 25.9. The summed E-state index contributed by atoms with van der Waals surface area (Å²) < 4.78 is 16.4. The summed E-state index contributed by atoms with van der Waals surface area (Å²) in [6.45, 7) is 6.23. The van der Waals surface area contributed by atoms with Crippen LogP contribution in [0.2, 0.25) is 0 Å². The quantitative estimate of drug-likeness (QED) is 0.850. The number of aryl methyl sites for hydroxylation is 2. The molecule has 2 heterocycles. The lowest BCUT2D eigenvalue weighted by Crippen LogP contribution is -2.44. The standard InChI is InChI=1S/C12H20FN3/c1-3-16-11(7-10(2)15-16)8-12(13)5-4-6-14-9-12/h7,14H,3-6,8-9H2,1-2H3. The van der Waals surface area contributed by atoms with Crippen LogP contribution in [0.5, 0.6) is 0 Å². The molecule has 1 aliphatic heterocycles. The van der Waals surface area contributed by atoms with Gasteiger partial charge in [0.15, 0.2) is 0 Å². The smallest absolute Gasteiger partial charge is 0.128 e. The van der Waals surface area contributed by atoms with E-state index < -0.39 is 5.67 Å². The zero-order valence-electron chi connectivity index (χ0n) is 10.1. The van der Waals surface area contributed by atoms with E-state index in [4.69, 9.17) is 0 Å². The van der Waals surface area contributed by atoms with Gasteiger partial charge in [0.2, 0.25) is 0 Å². The first-order valence-electron chi connectivity index (χ1n) is 6.06. The van der Waals surface area contributed by atoms with Crippen molar-refractivity contribution in [2.45, 2.75) is 45.3 Å². The van der Waals surface area contributed by atoms with Crippen LogP contribution in [0.4, 0.5) is 4.39 Å². The average molecular weight is 225 g/mol. The highest BCUT2D eigenvalue weighted by Gasteiger charge is 2.32. The van der Waals surface area contributed by atoms with E-state index in [0.717, 1.165) is 30.9 Å². The number of nitrogens with one attached hydrogen (secondary N) is 1. The molecule has 0 aliphatic carbocycles. The second kappa shape index (κ2) is 4.53. The molecule has 1 unspecified atom stereocenters. The Labute approximate surface area is 96.0 Å². The van der Waals surface area contributed by atoms with Gasteiger partial charge in [-0.05, 0) is 39.3 Å². The molecular formula is C12H20FN3. The Morgan fingerprint density at radius 1 is 1.62 bits per heavy atom. The first-order valence-corrected chi connectivity index (χ1v) is 6.06. The Morgan fingerprint density at radius 2 is 2.44 bits per heavy atom. The summed E-state index contributed by atoms with van der Waals surface area (Å²) in [5.41, 5.74) is 0.910. The molecule has 0 bridgehead atoms. The minimum Gasteiger partial charge on any atom is -0.314 e. The fraction of sp³-hybridized carbons (Fsp3) is 0.750. The predicted octanol–water partition coefficient (Wildman–Crippen LogP) is 1.85. The lowest BCUT2D eigenvalue weighted by Gasteiger charge is -2.30. The van der Waals surface area contributed by atoms with Gasteiger partial charge >= 0.3 is 0 Å². The number of alkyl halides is 1. The fourth-order valence-electron chi connectivity index (χ4n) is 2.42. The molecule has 0 amide bonds. The molecule has 1 aliphatic rings. The van der Waals surface area contributed by atoms with E-state index in [9.17, 15) is 4.39 Å². The van der Waals surface area contributed by atoms with E-state index in [1.54, 1.807) is 0 Å². The lowest BCUT2D eigenvalue weighted by molar-refractivity contribution is 0.120. The van der Waals surface area contributed by atoms with Crippen molar-refractivity contribution in [2.24, 2.45) is 0 Å². The molecule has 1 saturated heterocycles. The number of piperidine rings is 1. The summed E-state index contributed by atoms with van der Waals surface area (Å²) in [7, 11) is 0. The van der Waals surface area contributed by atoms with Gasteiger partial charge in [0.25, 0.3) is 0 Å². The van der Waals surface area contributed by atoms with Crippen molar-refractivity contribution in [3.05, 3.63) is 17.5 Å². The molecule has 90 valence electrons. The largest absolute Gasteiger partial charge is 0.314 e. The van der Waals surface area contributed by atoms with Crippen LogP contribution in [0, 0.1) is 6.92 Å². The second-order valence-corrected chi connectivity index (χ2v) is 4.70. The number of nitrogens with zero attached hydrogens (tertiary/aromatic N) is 2. The molecule has 0 saturated carbocycles. The third kappa shape index (κ3) is 2.43. The number of hydrogen-bond acceptors (Lipinski definition) is 2. The Balaban J connectivity index is 2.12. The van der Waals surface area contributed by atoms with Crippen molar-refractivity contribution in [1.82, 2.24) is 15.1 Å². The van der Waals surface area contributed by atoms with Gasteiger partial charge in [-0.1, -0.05) is 0 Å². The van der Waals surface area contributed by atoms with Crippen LogP contribution in [-0.4, -0.2) is 28.5 Å². The summed E-state index contributed by atoms with van der Waals surface area (Å²) in [4.78, 5) is 0. The molecule has 3 nitrogen and oxygen atoms in total. The summed E-state index contributed by atoms with van der Waals surface area (Å²) in [6.07, 6.45) is 2.07. The van der Waals surface area contributed by atoms with Crippen LogP contribution in [0.25, 0.3) is 0 Å². The van der Waals surface area contributed by atoms with E-state index in [-0.39, 0.29) is 0 Å². The molecule has 1 N–H and O–H groups in total. The lowest BCUT2D eigenvalue weighted by atomic mass is 9.91. The Bertz CT molecular complexity index is 353. The Kier molecular flexibility index (Phi) is 3.28. The van der Waals surface area contributed by atoms with Gasteiger partial charge in [0.05, 0.1) is 5.69 Å². The van der Waals surface area contributed by atoms with Crippen LogP contribution >= 0.6 is 0 Å². The zero-order chi connectivity index (χ0) is 11.6. The molecular weight excluding hydrogens is 205 g/mol. The molecule has 2 rings (SSSR count). The number of hydrogen-bond donors (Lipinski definition) is 1. The maximum Gasteiger partial charge on any atom is 0.128 e. The molecule has 1 aromatic heterocycles. The molecule has 0 radical (unpaired) electrons. The maximum absolute atomic E-state index is 14.5. The third-order valence-corrected chi connectivity index (χ3v) is 3.20. The van der Waals surface area contributed by atoms with Crippen LogP contribution in [0.15, 0.2) is 6.07 Å². The summed E-state index contributed by atoms with van der Waals surface area (Å²) in [6, 6.07) is 2.00. The van der Waals surface area contributed by atoms with Gasteiger partial charge in [0.1, 0.15) is 5.67 Å². The van der Waals surface area contributed by atoms with Gasteiger partial charge in [0, 0.05) is 25.2 Å². The predicted molar refractivity (Wildman–Crippen MR) is 62.3 cm³/mol. The molecule has 16 heavy (non-hydrogen) atoms. The Hall–Kier alpha value is -0.900. The van der Waals surface area contributed by atoms with Crippen molar-refractivity contribution in [1.29, 1.82) is 0 Å². The van der Waals surface area contributed by atoms with Crippen molar-refractivity contribution in [3.8, 4) is 0 Å². The highest BCUT2D eigenvalue weighted by atomic mass is 19.1. The summed E-state index contributed by atoms with van der Waals surface area (Å²) >= 11 is 0. The fourth-order valence-corrected chi connectivity index (χ4v) is 2.42. The molecule has 1 atom stereocenters. The van der Waals surface area contributed by atoms with E-state index in [2.05, 4.69) is 10.4 Å². The highest BCUT2D eigenvalue weighted by Crippen LogP contribution is 2.26. The van der Waals surface area contributed by atoms with Crippen LogP contribution in [0.1, 0.15) is 31.2 Å². The van der Waals surface area contributed by atoms with Gasteiger partial charge in [-0.3, -0.25) is 4.68 Å². The maximum atomic E-state index is 14.5. The zero-order valence-corrected chi connectivity index (χ0v) is 10.1. The van der Waals surface area contributed by atoms with Crippen molar-refractivity contribution < 1.29 is 4.39 Å². The number of halogens is 1. The van der Waals surface area contributed by atoms with Crippen molar-refractivity contribution >= 4 is 0 Å². The van der Waals surface area contributed by atoms with E-state index in [1.807, 2.05) is 24.6 Å². The Morgan fingerprint density at radius 3 is 3.06 bits per heavy atom. The van der Waals surface area contributed by atoms with Gasteiger partial charge in [-0.15, -0.1) is 0 Å². The van der Waals surface area contributed by atoms with Crippen LogP contribution in [0.3, 0.4) is 0 Å². The van der Waals surface area contributed by atoms with Gasteiger partial charge in [-0.25, -0.2) is 4.39 Å².